The number of nitrogens with one attached hydrogen (secondary N) is 2. The van der Waals surface area contributed by atoms with Crippen molar-refractivity contribution in [3.05, 3.63) is 29.8 Å². The molecule has 1 aliphatic rings. The number of piperidine rings is 1. The zero-order valence-electron chi connectivity index (χ0n) is 17.5. The van der Waals surface area contributed by atoms with E-state index in [2.05, 4.69) is 15.6 Å². The number of aliphatic imine (C=N–C) groups is 1. The van der Waals surface area contributed by atoms with Gasteiger partial charge in [0.15, 0.2) is 5.96 Å². The Morgan fingerprint density at radius 2 is 1.79 bits per heavy atom. The fourth-order valence-corrected chi connectivity index (χ4v) is 4.58. The summed E-state index contributed by atoms with van der Waals surface area (Å²) in [5.74, 6) is 0.701. The first-order valence-electron chi connectivity index (χ1n) is 10.2. The highest BCUT2D eigenvalue weighted by Crippen LogP contribution is 2.20. The summed E-state index contributed by atoms with van der Waals surface area (Å²) >= 11 is 0. The molecule has 0 bridgehead atoms. The maximum Gasteiger partial charge on any atom is 0.243 e. The molecule has 1 saturated heterocycles. The van der Waals surface area contributed by atoms with Crippen molar-refractivity contribution >= 4 is 16.0 Å². The van der Waals surface area contributed by atoms with E-state index < -0.39 is 10.0 Å². The minimum absolute atomic E-state index is 0.360. The molecule has 0 aromatic heterocycles. The molecule has 1 fully saturated rings. The fraction of sp³-hybridized carbons (Fsp3) is 0.650. The van der Waals surface area contributed by atoms with E-state index >= 15 is 0 Å². The molecular formula is C20H34N4O4S. The van der Waals surface area contributed by atoms with Gasteiger partial charge >= 0.3 is 0 Å². The molecule has 0 atom stereocenters. The number of nitrogens with zero attached hydrogens (tertiary/aromatic N) is 2. The van der Waals surface area contributed by atoms with E-state index in [4.69, 9.17) is 9.47 Å². The molecule has 0 amide bonds. The Hall–Kier alpha value is -1.68. The summed E-state index contributed by atoms with van der Waals surface area (Å²) in [5.41, 5.74) is 0.994. The van der Waals surface area contributed by atoms with Crippen molar-refractivity contribution in [3.63, 3.8) is 0 Å². The van der Waals surface area contributed by atoms with E-state index in [0.717, 1.165) is 37.8 Å². The standard InChI is InChI=1S/C20H34N4O4S/c1-21-20(22-11-6-14-28-16-15-27-2)23-17-18-7-9-19(10-8-18)29(25,26)24-12-4-3-5-13-24/h7-10H,3-6,11-17H2,1-2H3,(H2,21,22,23). The lowest BCUT2D eigenvalue weighted by Crippen LogP contribution is -2.37. The maximum absolute atomic E-state index is 12.7. The monoisotopic (exact) mass is 426 g/mol. The quantitative estimate of drug-likeness (QED) is 0.317. The molecule has 0 saturated carbocycles. The minimum Gasteiger partial charge on any atom is -0.382 e. The molecule has 8 nitrogen and oxygen atoms in total. The Morgan fingerprint density at radius 3 is 2.45 bits per heavy atom. The van der Waals surface area contributed by atoms with Crippen molar-refractivity contribution in [2.24, 2.45) is 4.99 Å². The Morgan fingerprint density at radius 1 is 1.07 bits per heavy atom. The molecule has 1 aromatic rings. The van der Waals surface area contributed by atoms with E-state index in [1.807, 2.05) is 12.1 Å². The van der Waals surface area contributed by atoms with Crippen LogP contribution in [0.15, 0.2) is 34.2 Å². The molecule has 9 heteroatoms. The third-order valence-electron chi connectivity index (χ3n) is 4.75. The third kappa shape index (κ3) is 7.93. The van der Waals surface area contributed by atoms with Crippen LogP contribution in [0.2, 0.25) is 0 Å². The van der Waals surface area contributed by atoms with Gasteiger partial charge in [0.05, 0.1) is 18.1 Å². The first-order chi connectivity index (χ1) is 14.1. The highest BCUT2D eigenvalue weighted by Gasteiger charge is 2.25. The van der Waals surface area contributed by atoms with Crippen molar-refractivity contribution in [3.8, 4) is 0 Å². The van der Waals surface area contributed by atoms with Gasteiger partial charge in [0.25, 0.3) is 0 Å². The topological polar surface area (TPSA) is 92.3 Å². The second-order valence-electron chi connectivity index (χ2n) is 6.92. The average Bonchev–Trinajstić information content (AvgIpc) is 2.76. The van der Waals surface area contributed by atoms with Crippen molar-refractivity contribution in [2.75, 3.05) is 53.6 Å². The van der Waals surface area contributed by atoms with E-state index in [1.54, 1.807) is 30.6 Å². The number of rotatable bonds is 11. The van der Waals surface area contributed by atoms with Crippen LogP contribution in [0.4, 0.5) is 0 Å². The van der Waals surface area contributed by atoms with Crippen LogP contribution in [0.25, 0.3) is 0 Å². The fourth-order valence-electron chi connectivity index (χ4n) is 3.07. The lowest BCUT2D eigenvalue weighted by molar-refractivity contribution is 0.0698. The van der Waals surface area contributed by atoms with Gasteiger partial charge in [-0.1, -0.05) is 18.6 Å². The maximum atomic E-state index is 12.7. The van der Waals surface area contributed by atoms with Gasteiger partial charge in [0, 0.05) is 46.9 Å². The lowest BCUT2D eigenvalue weighted by atomic mass is 10.2. The molecule has 1 heterocycles. The second kappa shape index (κ2) is 12.8. The highest BCUT2D eigenvalue weighted by molar-refractivity contribution is 7.89. The average molecular weight is 427 g/mol. The number of hydrogen-bond donors (Lipinski definition) is 2. The summed E-state index contributed by atoms with van der Waals surface area (Å²) in [6.07, 6.45) is 3.85. The van der Waals surface area contributed by atoms with Gasteiger partial charge in [0.2, 0.25) is 10.0 Å². The predicted molar refractivity (Wildman–Crippen MR) is 115 cm³/mol. The van der Waals surface area contributed by atoms with Crippen molar-refractivity contribution in [1.29, 1.82) is 0 Å². The summed E-state index contributed by atoms with van der Waals surface area (Å²) < 4.78 is 37.4. The van der Waals surface area contributed by atoms with Crippen LogP contribution in [0.3, 0.4) is 0 Å². The number of hydrogen-bond acceptors (Lipinski definition) is 5. The van der Waals surface area contributed by atoms with Gasteiger partial charge in [-0.15, -0.1) is 0 Å². The van der Waals surface area contributed by atoms with E-state index in [9.17, 15) is 8.42 Å². The van der Waals surface area contributed by atoms with Gasteiger partial charge in [0.1, 0.15) is 0 Å². The second-order valence-corrected chi connectivity index (χ2v) is 8.86. The Balaban J connectivity index is 1.75. The largest absolute Gasteiger partial charge is 0.382 e. The molecule has 29 heavy (non-hydrogen) atoms. The van der Waals surface area contributed by atoms with Crippen LogP contribution in [0.5, 0.6) is 0 Å². The first-order valence-corrected chi connectivity index (χ1v) is 11.6. The summed E-state index contributed by atoms with van der Waals surface area (Å²) in [6.45, 7) is 4.42. The van der Waals surface area contributed by atoms with Gasteiger partial charge in [-0.3, -0.25) is 4.99 Å². The van der Waals surface area contributed by atoms with Crippen molar-refractivity contribution in [1.82, 2.24) is 14.9 Å². The van der Waals surface area contributed by atoms with Crippen LogP contribution < -0.4 is 10.6 Å². The number of guanidine groups is 1. The molecule has 0 spiro atoms. The van der Waals surface area contributed by atoms with Gasteiger partial charge in [-0.05, 0) is 37.0 Å². The number of sulfonamides is 1. The minimum atomic E-state index is -3.38. The lowest BCUT2D eigenvalue weighted by Gasteiger charge is -2.25. The molecule has 0 aliphatic carbocycles. The summed E-state index contributed by atoms with van der Waals surface area (Å²) in [7, 11) is -0.00565. The Labute approximate surface area is 174 Å². The van der Waals surface area contributed by atoms with Crippen LogP contribution in [-0.2, 0) is 26.0 Å². The molecule has 0 unspecified atom stereocenters. The highest BCUT2D eigenvalue weighted by atomic mass is 32.2. The van der Waals surface area contributed by atoms with E-state index in [-0.39, 0.29) is 0 Å². The van der Waals surface area contributed by atoms with Crippen LogP contribution in [-0.4, -0.2) is 72.3 Å². The molecule has 0 radical (unpaired) electrons. The first kappa shape index (κ1) is 23.6. The van der Waals surface area contributed by atoms with Crippen LogP contribution in [0, 0.1) is 0 Å². The normalized spacial score (nSPS) is 16.0. The zero-order chi connectivity index (χ0) is 21.0. The summed E-state index contributed by atoms with van der Waals surface area (Å²) in [6, 6.07) is 7.07. The Kier molecular flexibility index (Phi) is 10.4. The molecule has 1 aromatic carbocycles. The van der Waals surface area contributed by atoms with Gasteiger partial charge in [-0.2, -0.15) is 4.31 Å². The van der Waals surface area contributed by atoms with Crippen LogP contribution >= 0.6 is 0 Å². The summed E-state index contributed by atoms with van der Waals surface area (Å²) in [4.78, 5) is 4.56. The van der Waals surface area contributed by atoms with E-state index in [0.29, 0.717) is 50.3 Å². The molecule has 2 N–H and O–H groups in total. The van der Waals surface area contributed by atoms with Gasteiger partial charge < -0.3 is 20.1 Å². The predicted octanol–water partition coefficient (Wildman–Crippen LogP) is 1.58. The zero-order valence-corrected chi connectivity index (χ0v) is 18.3. The van der Waals surface area contributed by atoms with Crippen LogP contribution in [0.1, 0.15) is 31.2 Å². The molecule has 1 aliphatic heterocycles. The summed E-state index contributed by atoms with van der Waals surface area (Å²) in [5, 5.41) is 6.47. The van der Waals surface area contributed by atoms with E-state index in [1.165, 1.54) is 0 Å². The van der Waals surface area contributed by atoms with Crippen molar-refractivity contribution in [2.45, 2.75) is 37.1 Å². The number of methoxy groups -OCH3 is 1. The Bertz CT molecular complexity index is 717. The smallest absolute Gasteiger partial charge is 0.243 e. The number of benzene rings is 1. The third-order valence-corrected chi connectivity index (χ3v) is 6.66. The van der Waals surface area contributed by atoms with Crippen molar-refractivity contribution < 1.29 is 17.9 Å². The molecular weight excluding hydrogens is 392 g/mol. The molecule has 164 valence electrons. The molecule has 2 rings (SSSR count). The van der Waals surface area contributed by atoms with Gasteiger partial charge in [-0.25, -0.2) is 8.42 Å². The number of ether oxygens (including phenoxy) is 2. The SMILES string of the molecule is CN=C(NCCCOCCOC)NCc1ccc(S(=O)(=O)N2CCCCC2)cc1.